The zero-order valence-corrected chi connectivity index (χ0v) is 18.9. The molecule has 4 rings (SSSR count). The fraction of sp³-hybridized carbons (Fsp3) is 0.259. The van der Waals surface area contributed by atoms with E-state index in [-0.39, 0.29) is 12.3 Å². The monoisotopic (exact) mass is 459 g/mol. The fourth-order valence-electron chi connectivity index (χ4n) is 4.04. The van der Waals surface area contributed by atoms with E-state index in [4.69, 9.17) is 10.5 Å². The van der Waals surface area contributed by atoms with Crippen molar-refractivity contribution in [3.05, 3.63) is 95.1 Å². The van der Waals surface area contributed by atoms with Crippen molar-refractivity contribution in [2.45, 2.75) is 38.6 Å². The average Bonchev–Trinajstić information content (AvgIpc) is 2.98. The van der Waals surface area contributed by atoms with Gasteiger partial charge in [0, 0.05) is 25.3 Å². The van der Waals surface area contributed by atoms with E-state index in [1.54, 1.807) is 4.90 Å². The number of carboxylic acid groups (broad SMARTS) is 1. The van der Waals surface area contributed by atoms with Crippen molar-refractivity contribution >= 4 is 17.6 Å². The van der Waals surface area contributed by atoms with Crippen LogP contribution in [0, 0.1) is 0 Å². The molecule has 0 saturated heterocycles. The van der Waals surface area contributed by atoms with Crippen molar-refractivity contribution in [3.8, 4) is 5.75 Å². The highest BCUT2D eigenvalue weighted by Crippen LogP contribution is 2.26. The van der Waals surface area contributed by atoms with Crippen molar-refractivity contribution in [3.63, 3.8) is 0 Å². The summed E-state index contributed by atoms with van der Waals surface area (Å²) in [6.45, 7) is 1.77. The quantitative estimate of drug-likeness (QED) is 0.452. The SMILES string of the molecule is NCc1ccc(OCc2ccc3c(c2)N[C@H](CC(=O)O)C(=O)N(CCc2ccccc2)C3)cc1. The molecule has 3 aromatic carbocycles. The number of amides is 1. The van der Waals surface area contributed by atoms with Crippen LogP contribution in [-0.2, 0) is 35.7 Å². The van der Waals surface area contributed by atoms with Gasteiger partial charge in [0.1, 0.15) is 18.4 Å². The number of rotatable bonds is 9. The Bertz CT molecular complexity index is 1130. The molecule has 0 saturated carbocycles. The van der Waals surface area contributed by atoms with Crippen LogP contribution in [0.2, 0.25) is 0 Å². The Morgan fingerprint density at radius 1 is 1.03 bits per heavy atom. The first-order chi connectivity index (χ1) is 16.5. The number of nitrogens with one attached hydrogen (secondary N) is 1. The maximum atomic E-state index is 13.2. The van der Waals surface area contributed by atoms with Crippen LogP contribution in [0.4, 0.5) is 5.69 Å². The third-order valence-corrected chi connectivity index (χ3v) is 5.93. The molecule has 4 N–H and O–H groups in total. The number of anilines is 1. The van der Waals surface area contributed by atoms with Crippen LogP contribution in [0.3, 0.4) is 0 Å². The van der Waals surface area contributed by atoms with Crippen LogP contribution in [0.25, 0.3) is 0 Å². The normalized spacial score (nSPS) is 15.3. The van der Waals surface area contributed by atoms with Gasteiger partial charge in [0.05, 0.1) is 6.42 Å². The van der Waals surface area contributed by atoms with Crippen LogP contribution in [0.15, 0.2) is 72.8 Å². The topological polar surface area (TPSA) is 105 Å². The van der Waals surface area contributed by atoms with Crippen LogP contribution in [-0.4, -0.2) is 34.5 Å². The molecule has 0 fully saturated rings. The van der Waals surface area contributed by atoms with Gasteiger partial charge in [-0.25, -0.2) is 0 Å². The van der Waals surface area contributed by atoms with Crippen molar-refractivity contribution in [1.82, 2.24) is 4.90 Å². The Morgan fingerprint density at radius 3 is 2.47 bits per heavy atom. The minimum Gasteiger partial charge on any atom is -0.489 e. The largest absolute Gasteiger partial charge is 0.489 e. The summed E-state index contributed by atoms with van der Waals surface area (Å²) >= 11 is 0. The molecule has 0 bridgehead atoms. The standard InChI is InChI=1S/C27H29N3O4/c28-16-20-7-10-23(11-8-20)34-18-21-6-9-22-17-30(13-12-19-4-2-1-3-5-19)27(33)25(15-26(31)32)29-24(22)14-21/h1-11,14,25,29H,12-13,15-18,28H2,(H,31,32)/t25-/m1/s1. The highest BCUT2D eigenvalue weighted by atomic mass is 16.5. The molecule has 1 aliphatic rings. The van der Waals surface area contributed by atoms with Crippen molar-refractivity contribution in [2.75, 3.05) is 11.9 Å². The van der Waals surface area contributed by atoms with Gasteiger partial charge in [-0.1, -0.05) is 54.6 Å². The summed E-state index contributed by atoms with van der Waals surface area (Å²) in [7, 11) is 0. The molecule has 1 aliphatic heterocycles. The molecule has 1 atom stereocenters. The second-order valence-corrected chi connectivity index (χ2v) is 8.42. The second-order valence-electron chi connectivity index (χ2n) is 8.42. The summed E-state index contributed by atoms with van der Waals surface area (Å²) in [6.07, 6.45) is 0.422. The number of hydrogen-bond donors (Lipinski definition) is 3. The van der Waals surface area contributed by atoms with Crippen molar-refractivity contribution in [2.24, 2.45) is 5.73 Å². The van der Waals surface area contributed by atoms with Crippen LogP contribution < -0.4 is 15.8 Å². The molecule has 1 amide bonds. The van der Waals surface area contributed by atoms with Crippen molar-refractivity contribution in [1.29, 1.82) is 0 Å². The molecule has 0 radical (unpaired) electrons. The maximum Gasteiger partial charge on any atom is 0.305 e. The van der Waals surface area contributed by atoms with Crippen LogP contribution in [0.5, 0.6) is 5.75 Å². The van der Waals surface area contributed by atoms with Gasteiger partial charge in [0.2, 0.25) is 5.91 Å². The summed E-state index contributed by atoms with van der Waals surface area (Å²) < 4.78 is 5.89. The molecule has 176 valence electrons. The summed E-state index contributed by atoms with van der Waals surface area (Å²) in [4.78, 5) is 26.4. The lowest BCUT2D eigenvalue weighted by Crippen LogP contribution is -2.42. The lowest BCUT2D eigenvalue weighted by atomic mass is 10.1. The number of carbonyl (C=O) groups is 2. The van der Waals surface area contributed by atoms with Crippen LogP contribution in [0.1, 0.15) is 28.7 Å². The smallest absolute Gasteiger partial charge is 0.305 e. The highest BCUT2D eigenvalue weighted by molar-refractivity contribution is 5.90. The van der Waals surface area contributed by atoms with Gasteiger partial charge in [-0.05, 0) is 46.9 Å². The molecule has 7 heteroatoms. The third-order valence-electron chi connectivity index (χ3n) is 5.93. The Kier molecular flexibility index (Phi) is 7.44. The Morgan fingerprint density at radius 2 is 1.76 bits per heavy atom. The van der Waals surface area contributed by atoms with Crippen LogP contribution >= 0.6 is 0 Å². The fourth-order valence-corrected chi connectivity index (χ4v) is 4.04. The maximum absolute atomic E-state index is 13.2. The van der Waals surface area contributed by atoms with E-state index in [1.165, 1.54) is 0 Å². The van der Waals surface area contributed by atoms with E-state index in [2.05, 4.69) is 5.32 Å². The van der Waals surface area contributed by atoms with E-state index in [0.717, 1.165) is 33.7 Å². The van der Waals surface area contributed by atoms with E-state index in [1.807, 2.05) is 72.8 Å². The number of fused-ring (bicyclic) bond motifs is 1. The molecule has 0 aromatic heterocycles. The van der Waals surface area contributed by atoms with Gasteiger partial charge < -0.3 is 25.8 Å². The molecule has 3 aromatic rings. The van der Waals surface area contributed by atoms with Crippen molar-refractivity contribution < 1.29 is 19.4 Å². The van der Waals surface area contributed by atoms with Gasteiger partial charge in [-0.3, -0.25) is 9.59 Å². The molecular weight excluding hydrogens is 430 g/mol. The van der Waals surface area contributed by atoms with Gasteiger partial charge in [-0.15, -0.1) is 0 Å². The number of nitrogens with zero attached hydrogens (tertiary/aromatic N) is 1. The number of ether oxygens (including phenoxy) is 1. The van der Waals surface area contributed by atoms with E-state index >= 15 is 0 Å². The molecular formula is C27H29N3O4. The first-order valence-corrected chi connectivity index (χ1v) is 11.4. The molecule has 7 nitrogen and oxygen atoms in total. The highest BCUT2D eigenvalue weighted by Gasteiger charge is 2.30. The number of aliphatic carboxylic acids is 1. The summed E-state index contributed by atoms with van der Waals surface area (Å²) in [6, 6.07) is 22.7. The zero-order chi connectivity index (χ0) is 23.9. The molecule has 0 aliphatic carbocycles. The zero-order valence-electron chi connectivity index (χ0n) is 18.9. The number of hydrogen-bond acceptors (Lipinski definition) is 5. The number of carbonyl (C=O) groups excluding carboxylic acids is 1. The summed E-state index contributed by atoms with van der Waals surface area (Å²) in [5.74, 6) is -0.476. The summed E-state index contributed by atoms with van der Waals surface area (Å²) in [5, 5.41) is 12.6. The van der Waals surface area contributed by atoms with Gasteiger partial charge in [0.25, 0.3) is 0 Å². The lowest BCUT2D eigenvalue weighted by molar-refractivity contribution is -0.141. The predicted octanol–water partition coefficient (Wildman–Crippen LogP) is 3.56. The lowest BCUT2D eigenvalue weighted by Gasteiger charge is -2.24. The van der Waals surface area contributed by atoms with Gasteiger partial charge >= 0.3 is 5.97 Å². The Labute approximate surface area is 199 Å². The Hall–Kier alpha value is -3.84. The van der Waals surface area contributed by atoms with Gasteiger partial charge in [-0.2, -0.15) is 0 Å². The minimum absolute atomic E-state index is 0.202. The first-order valence-electron chi connectivity index (χ1n) is 11.4. The minimum atomic E-state index is -1.02. The predicted molar refractivity (Wildman–Crippen MR) is 130 cm³/mol. The number of benzene rings is 3. The Balaban J connectivity index is 1.50. The molecule has 0 spiro atoms. The molecule has 34 heavy (non-hydrogen) atoms. The first kappa shape index (κ1) is 23.3. The summed E-state index contributed by atoms with van der Waals surface area (Å²) in [5.41, 5.74) is 10.4. The molecule has 0 unspecified atom stereocenters. The number of carboxylic acids is 1. The van der Waals surface area contributed by atoms with E-state index in [0.29, 0.717) is 32.7 Å². The van der Waals surface area contributed by atoms with Gasteiger partial charge in [0.15, 0.2) is 0 Å². The van der Waals surface area contributed by atoms with E-state index < -0.39 is 12.0 Å². The van der Waals surface area contributed by atoms with E-state index in [9.17, 15) is 14.7 Å². The third kappa shape index (κ3) is 5.94. The average molecular weight is 460 g/mol. The number of nitrogens with two attached hydrogens (primary N) is 1. The molecule has 1 heterocycles. The second kappa shape index (κ2) is 10.9.